The topological polar surface area (TPSA) is 139 Å². The molecule has 6 N–H and O–H groups in total. The van der Waals surface area contributed by atoms with Crippen molar-refractivity contribution >= 4 is 109 Å². The van der Waals surface area contributed by atoms with Gasteiger partial charge in [-0.15, -0.1) is 10.9 Å². The summed E-state index contributed by atoms with van der Waals surface area (Å²) in [6.07, 6.45) is 0. The van der Waals surface area contributed by atoms with Gasteiger partial charge in [0.15, 0.2) is 11.5 Å². The van der Waals surface area contributed by atoms with Crippen LogP contribution in [0.15, 0.2) is 127 Å². The van der Waals surface area contributed by atoms with Crippen molar-refractivity contribution in [3.05, 3.63) is 133 Å². The summed E-state index contributed by atoms with van der Waals surface area (Å²) in [4.78, 5) is 4.49. The van der Waals surface area contributed by atoms with Crippen molar-refractivity contribution in [1.82, 2.24) is 9.55 Å². The van der Waals surface area contributed by atoms with E-state index in [1.54, 1.807) is 72.8 Å². The van der Waals surface area contributed by atoms with E-state index in [2.05, 4.69) is 4.98 Å². The maximum absolute atomic E-state index is 11.9. The molecule has 1 heterocycles. The average Bonchev–Trinajstić information content (AvgIpc) is 3.68. The number of rotatable bonds is 7. The van der Waals surface area contributed by atoms with Gasteiger partial charge in [0.05, 0.1) is 16.5 Å². The van der Waals surface area contributed by atoms with Crippen molar-refractivity contribution in [3.63, 3.8) is 0 Å². The van der Waals surface area contributed by atoms with Crippen molar-refractivity contribution < 1.29 is 30.6 Å². The molecule has 282 valence electrons. The van der Waals surface area contributed by atoms with Crippen LogP contribution in [0, 0.1) is 0 Å². The third kappa shape index (κ3) is 6.21. The Morgan fingerprint density at radius 1 is 0.435 bits per heavy atom. The van der Waals surface area contributed by atoms with Gasteiger partial charge in [-0.3, -0.25) is 4.57 Å². The highest BCUT2D eigenvalue weighted by atomic mass is 16.3. The van der Waals surface area contributed by atoms with Gasteiger partial charge >= 0.3 is 0 Å². The minimum atomic E-state index is -2.78. The Kier molecular flexibility index (Phi) is 9.69. The van der Waals surface area contributed by atoms with Gasteiger partial charge in [0, 0.05) is 33.0 Å². The van der Waals surface area contributed by atoms with E-state index in [-0.39, 0.29) is 60.3 Å². The van der Waals surface area contributed by atoms with E-state index in [1.165, 1.54) is 4.57 Å². The lowest BCUT2D eigenvalue weighted by Crippen LogP contribution is -2.54. The van der Waals surface area contributed by atoms with E-state index in [0.29, 0.717) is 39.0 Å². The number of hydrogen-bond donors (Lipinski definition) is 6. The fourth-order valence-electron chi connectivity index (χ4n) is 8.22. The first-order valence-electron chi connectivity index (χ1n) is 19.2. The molecule has 0 spiro atoms. The highest BCUT2D eigenvalue weighted by Gasteiger charge is 2.42. The molecule has 9 rings (SSSR count). The maximum Gasteiger partial charge on any atom is 0.204 e. The van der Waals surface area contributed by atoms with Crippen LogP contribution in [0.1, 0.15) is 5.82 Å². The number of phenols is 4. The molecule has 15 heteroatoms. The number of phenolic OH excluding ortho intramolecular Hbond substituents is 4. The molecule has 8 aromatic carbocycles. The van der Waals surface area contributed by atoms with Gasteiger partial charge in [0.2, 0.25) is 11.5 Å². The molecule has 0 fully saturated rings. The van der Waals surface area contributed by atoms with E-state index < -0.39 is 33.9 Å². The Morgan fingerprint density at radius 3 is 1.50 bits per heavy atom. The van der Waals surface area contributed by atoms with E-state index in [0.717, 1.165) is 11.1 Å². The predicted molar refractivity (Wildman–Crippen MR) is 252 cm³/mol. The molecule has 0 saturated carbocycles. The Labute approximate surface area is 365 Å². The quantitative estimate of drug-likeness (QED) is 0.0631. The summed E-state index contributed by atoms with van der Waals surface area (Å²) in [6, 6.07) is 38.2. The zero-order chi connectivity index (χ0) is 44.0. The molecule has 1 unspecified atom stereocenters. The van der Waals surface area contributed by atoms with Crippen molar-refractivity contribution in [2.75, 3.05) is 0 Å². The van der Waals surface area contributed by atoms with E-state index in [9.17, 15) is 30.6 Å². The van der Waals surface area contributed by atoms with Crippen LogP contribution in [0.2, 0.25) is 0 Å². The lowest BCUT2D eigenvalue weighted by molar-refractivity contribution is -0.00426. The van der Waals surface area contributed by atoms with Crippen molar-refractivity contribution in [1.29, 1.82) is 0 Å². The fourth-order valence-corrected chi connectivity index (χ4v) is 8.22. The summed E-state index contributed by atoms with van der Waals surface area (Å²) in [7, 11) is 44.4. The second-order valence-electron chi connectivity index (χ2n) is 15.2. The molecule has 0 bridgehead atoms. The standard InChI is InChI=1S/C47H27B7N2O6/c48-37-33-31(24-18-16-23(17-19-24)22-8-2-1-3-9-22)35-36(42(58)44(60)43(59)41(35)57)32(34(33)38(49)40(51)39(37)50)27-12-6-10-25(20-27)26-11-7-13-28(21-26)56-30-15-5-4-14-29(30)55-45(56)46(52,61)47(53,54)62/h1-21,57-62H. The number of aromatic nitrogens is 2. The van der Waals surface area contributed by atoms with Gasteiger partial charge in [0.25, 0.3) is 0 Å². The minimum Gasteiger partial charge on any atom is -0.504 e. The maximum atomic E-state index is 11.9. The Hall–Kier alpha value is -6.68. The number of para-hydroxylation sites is 2. The molecule has 14 radical (unpaired) electrons. The molecule has 0 saturated heterocycles. The molecule has 0 aliphatic carbocycles. The lowest BCUT2D eigenvalue weighted by Gasteiger charge is -2.37. The number of nitrogens with zero attached hydrogens (tertiary/aromatic N) is 2. The highest BCUT2D eigenvalue weighted by Crippen LogP contribution is 2.56. The van der Waals surface area contributed by atoms with Crippen molar-refractivity contribution in [2.45, 2.75) is 10.9 Å². The molecule has 9 aromatic rings. The number of hydrogen-bond acceptors (Lipinski definition) is 7. The van der Waals surface area contributed by atoms with Gasteiger partial charge in [-0.25, -0.2) is 4.98 Å². The van der Waals surface area contributed by atoms with E-state index >= 15 is 0 Å². The third-order valence-electron chi connectivity index (χ3n) is 11.4. The normalized spacial score (nSPS) is 12.9. The summed E-state index contributed by atoms with van der Waals surface area (Å²) in [6.45, 7) is 0. The van der Waals surface area contributed by atoms with Crippen LogP contribution in [0.4, 0.5) is 0 Å². The number of aliphatic hydroxyl groups is 2. The van der Waals surface area contributed by atoms with Gasteiger partial charge in [-0.05, 0) is 74.5 Å². The summed E-state index contributed by atoms with van der Waals surface area (Å²) in [5.74, 6) is -3.63. The summed E-state index contributed by atoms with van der Waals surface area (Å²) in [5, 5.41) is 65.2. The van der Waals surface area contributed by atoms with Crippen LogP contribution in [-0.4, -0.2) is 101 Å². The molecule has 1 atom stereocenters. The lowest BCUT2D eigenvalue weighted by atomic mass is 9.49. The summed E-state index contributed by atoms with van der Waals surface area (Å²) < 4.78 is 1.53. The largest absolute Gasteiger partial charge is 0.504 e. The smallest absolute Gasteiger partial charge is 0.204 e. The summed E-state index contributed by atoms with van der Waals surface area (Å²) in [5.41, 5.74) is 3.21. The van der Waals surface area contributed by atoms with Crippen molar-refractivity contribution in [2.24, 2.45) is 0 Å². The van der Waals surface area contributed by atoms with E-state index in [1.807, 2.05) is 54.6 Å². The first-order chi connectivity index (χ1) is 29.5. The molecule has 0 aliphatic heterocycles. The van der Waals surface area contributed by atoms with Crippen LogP contribution in [0.25, 0.3) is 82.8 Å². The SMILES string of the molecule is [B]c1c([B])c([B])c2c(-c3cccc(-c4cccc(-n5c(C([B])(O)C([B])([B])O)nc6ccccc65)c4)c3)c3c(O)c(O)c(O)c(O)c3c(-c3ccc(-c4ccccc4)cc3)c2c1[B]. The second-order valence-corrected chi connectivity index (χ2v) is 15.2. The monoisotopic (exact) mass is 792 g/mol. The summed E-state index contributed by atoms with van der Waals surface area (Å²) >= 11 is 0. The third-order valence-corrected chi connectivity index (χ3v) is 11.4. The molecule has 1 aromatic heterocycles. The number of fused-ring (bicyclic) bond motifs is 3. The minimum absolute atomic E-state index is 0.0122. The molecule has 8 nitrogen and oxygen atoms in total. The fraction of sp³-hybridized carbons (Fsp3) is 0.0426. The van der Waals surface area contributed by atoms with Gasteiger partial charge in [-0.2, -0.15) is 0 Å². The van der Waals surface area contributed by atoms with E-state index in [4.69, 9.17) is 54.9 Å². The number of benzene rings is 8. The Bertz CT molecular complexity index is 3220. The molecular weight excluding hydrogens is 764 g/mol. The molecule has 0 amide bonds. The second kappa shape index (κ2) is 14.8. The Morgan fingerprint density at radius 2 is 0.903 bits per heavy atom. The average molecular weight is 791 g/mol. The number of aromatic hydroxyl groups is 4. The zero-order valence-corrected chi connectivity index (χ0v) is 32.7. The van der Waals surface area contributed by atoms with Crippen LogP contribution in [0.5, 0.6) is 23.0 Å². The molecular formula is C47H27B7N2O6. The van der Waals surface area contributed by atoms with Gasteiger partial charge in [-0.1, -0.05) is 108 Å². The number of imidazole rings is 1. The van der Waals surface area contributed by atoms with Crippen molar-refractivity contribution in [3.8, 4) is 73.2 Å². The molecule has 62 heavy (non-hydrogen) atoms. The van der Waals surface area contributed by atoms with Crippen LogP contribution < -0.4 is 21.9 Å². The highest BCUT2D eigenvalue weighted by molar-refractivity contribution is 6.68. The van der Waals surface area contributed by atoms with Crippen LogP contribution in [-0.2, 0) is 5.50 Å². The first kappa shape index (κ1) is 40.7. The predicted octanol–water partition coefficient (Wildman–Crippen LogP) is 3.29. The Balaban J connectivity index is 1.32. The zero-order valence-electron chi connectivity index (χ0n) is 32.7. The van der Waals surface area contributed by atoms with Crippen LogP contribution >= 0.6 is 0 Å². The van der Waals surface area contributed by atoms with Crippen LogP contribution in [0.3, 0.4) is 0 Å². The van der Waals surface area contributed by atoms with Gasteiger partial charge in [0.1, 0.15) is 60.7 Å². The first-order valence-corrected chi connectivity index (χ1v) is 19.2. The van der Waals surface area contributed by atoms with Gasteiger partial charge < -0.3 is 30.6 Å². The molecule has 0 aliphatic rings.